The minimum absolute atomic E-state index is 0.0715. The van der Waals surface area contributed by atoms with Crippen molar-refractivity contribution in [3.05, 3.63) is 133 Å². The van der Waals surface area contributed by atoms with Gasteiger partial charge in [0.2, 0.25) is 0 Å². The molecule has 7 rings (SSSR count). The summed E-state index contributed by atoms with van der Waals surface area (Å²) in [6.45, 7) is 6.80. The van der Waals surface area contributed by atoms with Crippen molar-refractivity contribution in [1.82, 2.24) is 0 Å². The summed E-state index contributed by atoms with van der Waals surface area (Å²) in [7, 11) is 0. The Morgan fingerprint density at radius 2 is 0.844 bits per heavy atom. The number of rotatable bonds is 25. The van der Waals surface area contributed by atoms with Gasteiger partial charge >= 0.3 is 11.9 Å². The summed E-state index contributed by atoms with van der Waals surface area (Å²) in [5.41, 5.74) is 1.13. The highest BCUT2D eigenvalue weighted by atomic mass is 16.6. The van der Waals surface area contributed by atoms with Crippen LogP contribution in [-0.4, -0.2) is 50.6 Å². The van der Waals surface area contributed by atoms with Gasteiger partial charge in [-0.1, -0.05) is 168 Å². The third kappa shape index (κ3) is 12.0. The molecule has 0 saturated carbocycles. The molecule has 7 aromatic rings. The Balaban J connectivity index is 1.16. The van der Waals surface area contributed by atoms with Crippen LogP contribution < -0.4 is 18.9 Å². The summed E-state index contributed by atoms with van der Waals surface area (Å²) < 4.78 is 38.7. The first-order chi connectivity index (χ1) is 31.4. The first kappa shape index (κ1) is 45.7. The fraction of sp³-hybridized carbons (Fsp3) is 0.357. The van der Waals surface area contributed by atoms with E-state index in [9.17, 15) is 9.59 Å². The van der Waals surface area contributed by atoms with Crippen LogP contribution in [0, 0.1) is 0 Å². The van der Waals surface area contributed by atoms with Gasteiger partial charge in [0.15, 0.2) is 12.2 Å². The lowest BCUT2D eigenvalue weighted by Gasteiger charge is -2.23. The van der Waals surface area contributed by atoms with Crippen molar-refractivity contribution in [3.63, 3.8) is 0 Å². The Labute approximate surface area is 377 Å². The summed E-state index contributed by atoms with van der Waals surface area (Å²) in [4.78, 5) is 26.5. The van der Waals surface area contributed by atoms with Crippen LogP contribution >= 0.6 is 0 Å². The molecule has 7 aromatic carbocycles. The molecule has 0 radical (unpaired) electrons. The lowest BCUT2D eigenvalue weighted by atomic mass is 9.98. The first-order valence-corrected chi connectivity index (χ1v) is 23.3. The van der Waals surface area contributed by atoms with Crippen molar-refractivity contribution in [1.29, 1.82) is 0 Å². The first-order valence-electron chi connectivity index (χ1n) is 23.3. The standard InChI is InChI=1S/C56H62O8/c1-4-7-9-11-31-53(57)63-43(36-59-51-29-19-23-41-21-13-15-25-45(41)51)38-61-55-47-27-17-18-28-48(47)56(50-35-40(6-3)33-34-49(50)55)62-39-44(64-54(58)32-12-10-8-5-2)37-60-52-30-20-24-42-22-14-16-26-46(42)52/h13-30,33-35,43-44H,4-12,31-32,36-39H2,1-3H3. The predicted molar refractivity (Wildman–Crippen MR) is 258 cm³/mol. The molecular weight excluding hydrogens is 801 g/mol. The van der Waals surface area contributed by atoms with Gasteiger partial charge in [0.05, 0.1) is 0 Å². The van der Waals surface area contributed by atoms with Gasteiger partial charge in [0.1, 0.15) is 49.4 Å². The van der Waals surface area contributed by atoms with Crippen molar-refractivity contribution >= 4 is 55.0 Å². The highest BCUT2D eigenvalue weighted by Gasteiger charge is 2.24. The number of hydrogen-bond donors (Lipinski definition) is 0. The molecule has 2 atom stereocenters. The summed E-state index contributed by atoms with van der Waals surface area (Å²) in [6, 6.07) is 42.4. The fourth-order valence-electron chi connectivity index (χ4n) is 8.15. The maximum absolute atomic E-state index is 13.3. The summed E-state index contributed by atoms with van der Waals surface area (Å²) in [5.74, 6) is 2.22. The Kier molecular flexibility index (Phi) is 16.7. The second kappa shape index (κ2) is 23.4. The van der Waals surface area contributed by atoms with E-state index in [-0.39, 0.29) is 38.4 Å². The van der Waals surface area contributed by atoms with Crippen LogP contribution in [0.4, 0.5) is 0 Å². The van der Waals surface area contributed by atoms with Gasteiger partial charge in [-0.05, 0) is 53.8 Å². The molecule has 0 heterocycles. The van der Waals surface area contributed by atoms with Gasteiger partial charge in [0, 0.05) is 45.2 Å². The van der Waals surface area contributed by atoms with Crippen LogP contribution in [0.3, 0.4) is 0 Å². The minimum Gasteiger partial charge on any atom is -0.489 e. The zero-order valence-electron chi connectivity index (χ0n) is 37.7. The highest BCUT2D eigenvalue weighted by molar-refractivity contribution is 6.11. The maximum Gasteiger partial charge on any atom is 0.306 e. The Morgan fingerprint density at radius 1 is 0.422 bits per heavy atom. The largest absolute Gasteiger partial charge is 0.489 e. The quantitative estimate of drug-likeness (QED) is 0.0319. The Morgan fingerprint density at radius 3 is 1.33 bits per heavy atom. The monoisotopic (exact) mass is 862 g/mol. The molecular formula is C56H62O8. The van der Waals surface area contributed by atoms with Gasteiger partial charge in [-0.15, -0.1) is 0 Å². The summed E-state index contributed by atoms with van der Waals surface area (Å²) in [6.07, 6.45) is 7.95. The topological polar surface area (TPSA) is 89.5 Å². The molecule has 0 aliphatic carbocycles. The van der Waals surface area contributed by atoms with Gasteiger partial charge in [-0.2, -0.15) is 0 Å². The van der Waals surface area contributed by atoms with Crippen LogP contribution in [0.5, 0.6) is 23.0 Å². The lowest BCUT2D eigenvalue weighted by Crippen LogP contribution is -2.31. The molecule has 64 heavy (non-hydrogen) atoms. The molecule has 0 N–H and O–H groups in total. The number of carbonyl (C=O) groups is 2. The smallest absolute Gasteiger partial charge is 0.306 e. The number of aryl methyl sites for hydroxylation is 1. The number of hydrogen-bond acceptors (Lipinski definition) is 8. The van der Waals surface area contributed by atoms with Crippen molar-refractivity contribution in [3.8, 4) is 23.0 Å². The molecule has 8 nitrogen and oxygen atoms in total. The molecule has 0 saturated heterocycles. The van der Waals surface area contributed by atoms with Crippen molar-refractivity contribution < 1.29 is 38.0 Å². The van der Waals surface area contributed by atoms with Crippen LogP contribution in [0.25, 0.3) is 43.1 Å². The van der Waals surface area contributed by atoms with E-state index in [0.717, 1.165) is 118 Å². The Hall–Kier alpha value is -6.28. The molecule has 2 unspecified atom stereocenters. The lowest BCUT2D eigenvalue weighted by molar-refractivity contribution is -0.153. The molecule has 0 spiro atoms. The summed E-state index contributed by atoms with van der Waals surface area (Å²) >= 11 is 0. The van der Waals surface area contributed by atoms with Crippen molar-refractivity contribution in [2.24, 2.45) is 0 Å². The van der Waals surface area contributed by atoms with E-state index in [4.69, 9.17) is 28.4 Å². The SMILES string of the molecule is CCCCCCC(=O)OC(COc1cccc2ccccc12)COc1c2ccccc2c(OCC(COc2cccc3ccccc23)OC(=O)CCCCCC)c2cc(CC)ccc12. The number of esters is 2. The molecule has 0 aliphatic rings. The third-order valence-corrected chi connectivity index (χ3v) is 11.6. The molecule has 334 valence electrons. The second-order valence-electron chi connectivity index (χ2n) is 16.5. The number of ether oxygens (including phenoxy) is 6. The van der Waals surface area contributed by atoms with E-state index in [1.807, 2.05) is 84.9 Å². The average molecular weight is 863 g/mol. The maximum atomic E-state index is 13.3. The van der Waals surface area contributed by atoms with Crippen molar-refractivity contribution in [2.75, 3.05) is 26.4 Å². The third-order valence-electron chi connectivity index (χ3n) is 11.6. The fourth-order valence-corrected chi connectivity index (χ4v) is 8.15. The van der Waals surface area contributed by atoms with Gasteiger partial charge in [-0.25, -0.2) is 0 Å². The second-order valence-corrected chi connectivity index (χ2v) is 16.5. The van der Waals surface area contributed by atoms with Gasteiger partial charge < -0.3 is 28.4 Å². The van der Waals surface area contributed by atoms with Crippen LogP contribution in [0.1, 0.15) is 90.5 Å². The van der Waals surface area contributed by atoms with E-state index < -0.39 is 12.2 Å². The molecule has 0 aromatic heterocycles. The van der Waals surface area contributed by atoms with E-state index in [0.29, 0.717) is 24.3 Å². The van der Waals surface area contributed by atoms with Gasteiger partial charge in [0.25, 0.3) is 0 Å². The number of fused-ring (bicyclic) bond motifs is 4. The zero-order chi connectivity index (χ0) is 44.5. The van der Waals surface area contributed by atoms with Crippen LogP contribution in [0.2, 0.25) is 0 Å². The zero-order valence-corrected chi connectivity index (χ0v) is 37.7. The van der Waals surface area contributed by atoms with E-state index in [2.05, 4.69) is 63.2 Å². The predicted octanol–water partition coefficient (Wildman–Crippen LogP) is 13.5. The molecule has 0 aliphatic heterocycles. The van der Waals surface area contributed by atoms with E-state index in [1.54, 1.807) is 0 Å². The van der Waals surface area contributed by atoms with Crippen LogP contribution in [-0.2, 0) is 25.5 Å². The molecule has 0 amide bonds. The van der Waals surface area contributed by atoms with Gasteiger partial charge in [-0.3, -0.25) is 9.59 Å². The minimum atomic E-state index is -0.684. The molecule has 0 fully saturated rings. The number of benzene rings is 7. The number of carbonyl (C=O) groups excluding carboxylic acids is 2. The van der Waals surface area contributed by atoms with E-state index in [1.165, 1.54) is 0 Å². The highest BCUT2D eigenvalue weighted by Crippen LogP contribution is 2.43. The average Bonchev–Trinajstić information content (AvgIpc) is 3.33. The van der Waals surface area contributed by atoms with Crippen LogP contribution in [0.15, 0.2) is 127 Å². The molecule has 8 heteroatoms. The molecule has 0 bridgehead atoms. The summed E-state index contributed by atoms with van der Waals surface area (Å²) in [5, 5.41) is 7.50. The number of unbranched alkanes of at least 4 members (excludes halogenated alkanes) is 6. The van der Waals surface area contributed by atoms with Crippen molar-refractivity contribution in [2.45, 2.75) is 104 Å². The Bertz CT molecular complexity index is 2610. The normalized spacial score (nSPS) is 12.3. The van der Waals surface area contributed by atoms with E-state index >= 15 is 0 Å².